The summed E-state index contributed by atoms with van der Waals surface area (Å²) in [6, 6.07) is 30.0. The van der Waals surface area contributed by atoms with E-state index in [9.17, 15) is 14.4 Å². The minimum Gasteiger partial charge on any atom is -0.453 e. The zero-order chi connectivity index (χ0) is 41.2. The summed E-state index contributed by atoms with van der Waals surface area (Å²) in [5.41, 5.74) is 7.05. The van der Waals surface area contributed by atoms with Crippen LogP contribution in [0.3, 0.4) is 0 Å². The standard InChI is InChI=1S/C47H52N8O4/c1-29(2)41(52-47(58)59-5)45(56)54-23-9-13-39(54)43-48-27-37(50-43)31-17-15-30(16-18-31)33-19-20-35-26-36(22-21-34(35)25-33)38-28-49-44(51-38)40-14-10-24-55(40)46(57)42(53(3)4)32-11-7-6-8-12-32/h6-8,11-12,15-22,25-29,39-42H,9-10,13-14,23-24H2,1-5H3,(H,48,50)(H,49,51)(H,52,58)/t39-,40-,41-,42?/m0/s1. The van der Waals surface area contributed by atoms with E-state index in [0.29, 0.717) is 13.1 Å². The van der Waals surface area contributed by atoms with E-state index < -0.39 is 12.1 Å². The molecule has 0 bridgehead atoms. The van der Waals surface area contributed by atoms with Crippen LogP contribution < -0.4 is 5.32 Å². The lowest BCUT2D eigenvalue weighted by molar-refractivity contribution is -0.137. The molecule has 2 aliphatic heterocycles. The number of ether oxygens (including phenoxy) is 1. The average Bonchev–Trinajstić information content (AvgIpc) is 4.09. The summed E-state index contributed by atoms with van der Waals surface area (Å²) < 4.78 is 4.77. The van der Waals surface area contributed by atoms with Gasteiger partial charge in [-0.1, -0.05) is 92.7 Å². The van der Waals surface area contributed by atoms with Gasteiger partial charge in [-0.3, -0.25) is 14.5 Å². The summed E-state index contributed by atoms with van der Waals surface area (Å²) >= 11 is 0. The number of aromatic amines is 2. The van der Waals surface area contributed by atoms with Crippen LogP contribution >= 0.6 is 0 Å². The number of nitrogens with one attached hydrogen (secondary N) is 3. The molecule has 0 saturated carbocycles. The highest BCUT2D eigenvalue weighted by atomic mass is 16.5. The number of alkyl carbamates (subject to hydrolysis) is 1. The lowest BCUT2D eigenvalue weighted by atomic mass is 9.98. The Bertz CT molecular complexity index is 2440. The van der Waals surface area contributed by atoms with Gasteiger partial charge in [-0.25, -0.2) is 14.8 Å². The Morgan fingerprint density at radius 2 is 1.24 bits per heavy atom. The molecule has 3 amide bonds. The molecule has 0 spiro atoms. The fourth-order valence-corrected chi connectivity index (χ4v) is 8.70. The van der Waals surface area contributed by atoms with Gasteiger partial charge in [0.1, 0.15) is 23.7 Å². The number of methoxy groups -OCH3 is 1. The van der Waals surface area contributed by atoms with Gasteiger partial charge in [0.2, 0.25) is 11.8 Å². The van der Waals surface area contributed by atoms with Gasteiger partial charge in [0.05, 0.1) is 43.0 Å². The van der Waals surface area contributed by atoms with Crippen LogP contribution in [0.2, 0.25) is 0 Å². The van der Waals surface area contributed by atoms with E-state index in [1.54, 1.807) is 0 Å². The van der Waals surface area contributed by atoms with Crippen molar-refractivity contribution in [1.82, 2.24) is 40.0 Å². The van der Waals surface area contributed by atoms with Gasteiger partial charge in [-0.05, 0) is 90.9 Å². The molecule has 0 radical (unpaired) electrons. The van der Waals surface area contributed by atoms with Crippen molar-refractivity contribution in [2.45, 2.75) is 63.7 Å². The van der Waals surface area contributed by atoms with E-state index in [0.717, 1.165) is 87.3 Å². The summed E-state index contributed by atoms with van der Waals surface area (Å²) in [4.78, 5) is 61.8. The summed E-state index contributed by atoms with van der Waals surface area (Å²) in [5, 5.41) is 4.96. The number of carbonyl (C=O) groups excluding carboxylic acids is 3. The van der Waals surface area contributed by atoms with Gasteiger partial charge in [0.25, 0.3) is 0 Å². The monoisotopic (exact) mass is 792 g/mol. The highest BCUT2D eigenvalue weighted by molar-refractivity contribution is 5.91. The van der Waals surface area contributed by atoms with Crippen LogP contribution in [0.1, 0.15) is 74.9 Å². The molecule has 2 saturated heterocycles. The number of H-pyrrole nitrogens is 2. The predicted octanol–water partition coefficient (Wildman–Crippen LogP) is 8.30. The first-order valence-electron chi connectivity index (χ1n) is 20.5. The second kappa shape index (κ2) is 16.9. The molecule has 1 unspecified atom stereocenters. The molecule has 59 heavy (non-hydrogen) atoms. The minimum atomic E-state index is -0.679. The van der Waals surface area contributed by atoms with Crippen LogP contribution in [-0.4, -0.2) is 92.9 Å². The Morgan fingerprint density at radius 3 is 1.81 bits per heavy atom. The molecular formula is C47H52N8O4. The summed E-state index contributed by atoms with van der Waals surface area (Å²) in [6.45, 7) is 5.14. The summed E-state index contributed by atoms with van der Waals surface area (Å²) in [6.07, 6.45) is 6.55. The minimum absolute atomic E-state index is 0.0960. The number of likely N-dealkylation sites (N-methyl/N-ethyl adjacent to an activating group) is 1. The molecule has 4 atom stereocenters. The van der Waals surface area contributed by atoms with Crippen molar-refractivity contribution in [3.05, 3.63) is 121 Å². The highest BCUT2D eigenvalue weighted by Gasteiger charge is 2.38. The normalized spacial score (nSPS) is 17.8. The van der Waals surface area contributed by atoms with Crippen molar-refractivity contribution in [2.24, 2.45) is 5.92 Å². The number of imidazole rings is 2. The van der Waals surface area contributed by atoms with Gasteiger partial charge in [0, 0.05) is 18.7 Å². The number of likely N-dealkylation sites (tertiary alicyclic amines) is 2. The number of hydrogen-bond donors (Lipinski definition) is 3. The Balaban J connectivity index is 0.944. The molecule has 12 nitrogen and oxygen atoms in total. The second-order valence-electron chi connectivity index (χ2n) is 16.2. The molecule has 2 fully saturated rings. The Morgan fingerprint density at radius 1 is 0.712 bits per heavy atom. The van der Waals surface area contributed by atoms with Gasteiger partial charge >= 0.3 is 6.09 Å². The number of benzene rings is 4. The van der Waals surface area contributed by atoms with Gasteiger partial charge in [0.15, 0.2) is 0 Å². The lowest BCUT2D eigenvalue weighted by Crippen LogP contribution is -2.51. The Kier molecular flexibility index (Phi) is 11.3. The lowest BCUT2D eigenvalue weighted by Gasteiger charge is -2.31. The third kappa shape index (κ3) is 8.09. The van der Waals surface area contributed by atoms with E-state index in [4.69, 9.17) is 14.7 Å². The highest BCUT2D eigenvalue weighted by Crippen LogP contribution is 2.37. The SMILES string of the molecule is COC(=O)N[C@H](C(=O)N1CCC[C@H]1c1ncc(-c2ccc(-c3ccc4cc(-c5cnc([C@@H]6CCCN6C(=O)C(c6ccccc6)N(C)C)[nH]5)ccc4c3)cc2)[nH]1)C(C)C. The molecule has 6 aromatic rings. The third-order valence-electron chi connectivity index (χ3n) is 11.8. The number of rotatable bonds is 11. The number of hydrogen-bond acceptors (Lipinski definition) is 7. The molecule has 4 aromatic carbocycles. The maximum Gasteiger partial charge on any atom is 0.407 e. The van der Waals surface area contributed by atoms with E-state index >= 15 is 0 Å². The molecular weight excluding hydrogens is 741 g/mol. The van der Waals surface area contributed by atoms with Crippen molar-refractivity contribution >= 4 is 28.7 Å². The van der Waals surface area contributed by atoms with Crippen LogP contribution in [0.15, 0.2) is 103 Å². The smallest absolute Gasteiger partial charge is 0.407 e. The summed E-state index contributed by atoms with van der Waals surface area (Å²) in [7, 11) is 5.21. The van der Waals surface area contributed by atoms with Crippen molar-refractivity contribution in [2.75, 3.05) is 34.3 Å². The molecule has 304 valence electrons. The van der Waals surface area contributed by atoms with E-state index in [1.807, 2.05) is 85.4 Å². The van der Waals surface area contributed by atoms with Crippen LogP contribution in [0.25, 0.3) is 44.4 Å². The third-order valence-corrected chi connectivity index (χ3v) is 11.8. The van der Waals surface area contributed by atoms with Crippen molar-refractivity contribution in [3.63, 3.8) is 0 Å². The number of aromatic nitrogens is 4. The first kappa shape index (κ1) is 39.6. The van der Waals surface area contributed by atoms with E-state index in [-0.39, 0.29) is 35.9 Å². The first-order valence-corrected chi connectivity index (χ1v) is 20.5. The van der Waals surface area contributed by atoms with Gasteiger partial charge in [-0.2, -0.15) is 0 Å². The molecule has 2 aromatic heterocycles. The molecule has 4 heterocycles. The fourth-order valence-electron chi connectivity index (χ4n) is 8.70. The van der Waals surface area contributed by atoms with E-state index in [2.05, 4.69) is 75.9 Å². The molecule has 8 rings (SSSR count). The van der Waals surface area contributed by atoms with Gasteiger partial charge in [-0.15, -0.1) is 0 Å². The number of amides is 3. The average molecular weight is 793 g/mol. The number of fused-ring (bicyclic) bond motifs is 1. The quantitative estimate of drug-likeness (QED) is 0.120. The Hall–Kier alpha value is -6.27. The molecule has 2 aliphatic rings. The van der Waals surface area contributed by atoms with Gasteiger partial charge < -0.3 is 29.8 Å². The molecule has 12 heteroatoms. The van der Waals surface area contributed by atoms with Crippen LogP contribution in [-0.2, 0) is 14.3 Å². The Labute approximate surface area is 345 Å². The van der Waals surface area contributed by atoms with Crippen LogP contribution in [0.4, 0.5) is 4.79 Å². The number of nitrogens with zero attached hydrogens (tertiary/aromatic N) is 5. The zero-order valence-electron chi connectivity index (χ0n) is 34.3. The topological polar surface area (TPSA) is 140 Å². The summed E-state index contributed by atoms with van der Waals surface area (Å²) in [5.74, 6) is 1.43. The predicted molar refractivity (Wildman–Crippen MR) is 229 cm³/mol. The fraction of sp³-hybridized carbons (Fsp3) is 0.340. The second-order valence-corrected chi connectivity index (χ2v) is 16.2. The van der Waals surface area contributed by atoms with Crippen LogP contribution in [0.5, 0.6) is 0 Å². The maximum atomic E-state index is 14.0. The molecule has 3 N–H and O–H groups in total. The first-order chi connectivity index (χ1) is 28.6. The molecule has 0 aliphatic carbocycles. The zero-order valence-corrected chi connectivity index (χ0v) is 34.3. The maximum absolute atomic E-state index is 14.0. The number of carbonyl (C=O) groups is 3. The van der Waals surface area contributed by atoms with E-state index in [1.165, 1.54) is 7.11 Å². The largest absolute Gasteiger partial charge is 0.453 e. The van der Waals surface area contributed by atoms with Crippen LogP contribution in [0, 0.1) is 5.92 Å². The van der Waals surface area contributed by atoms with Crippen molar-refractivity contribution in [1.29, 1.82) is 0 Å². The van der Waals surface area contributed by atoms with Crippen molar-refractivity contribution < 1.29 is 19.1 Å². The van der Waals surface area contributed by atoms with Crippen molar-refractivity contribution in [3.8, 4) is 33.6 Å².